The van der Waals surface area contributed by atoms with Crippen molar-refractivity contribution in [3.8, 4) is 0 Å². The lowest BCUT2D eigenvalue weighted by Gasteiger charge is -2.18. The van der Waals surface area contributed by atoms with Crippen molar-refractivity contribution < 1.29 is 4.74 Å². The number of nitrogens with zero attached hydrogens (tertiary/aromatic N) is 2. The molecule has 2 aromatic rings. The molecule has 0 aromatic carbocycles. The number of thiophene rings is 1. The molecule has 116 valence electrons. The Morgan fingerprint density at radius 1 is 1.33 bits per heavy atom. The summed E-state index contributed by atoms with van der Waals surface area (Å²) in [6, 6.07) is 2.42. The average Bonchev–Trinajstić information content (AvgIpc) is 2.80. The van der Waals surface area contributed by atoms with Gasteiger partial charge >= 0.3 is 0 Å². The number of hydrogen-bond acceptors (Lipinski definition) is 6. The Morgan fingerprint density at radius 3 is 2.81 bits per heavy atom. The summed E-state index contributed by atoms with van der Waals surface area (Å²) >= 11 is 1.70. The maximum atomic E-state index is 5.30. The number of nitrogens with one attached hydrogen (secondary N) is 2. The Balaban J connectivity index is 2.34. The summed E-state index contributed by atoms with van der Waals surface area (Å²) in [5, 5.41) is 7.82. The number of anilines is 2. The van der Waals surface area contributed by atoms with Crippen LogP contribution in [0.15, 0.2) is 6.07 Å². The minimum Gasteiger partial charge on any atom is -0.383 e. The maximum Gasteiger partial charge on any atom is 0.226 e. The molecule has 2 heterocycles. The summed E-state index contributed by atoms with van der Waals surface area (Å²) in [5.41, 5.74) is 0. The van der Waals surface area contributed by atoms with Crippen molar-refractivity contribution in [2.45, 2.75) is 39.7 Å². The lowest BCUT2D eigenvalue weighted by molar-refractivity contribution is 0.182. The molecule has 1 atom stereocenters. The van der Waals surface area contributed by atoms with Gasteiger partial charge in [0.25, 0.3) is 0 Å². The zero-order chi connectivity index (χ0) is 15.2. The molecule has 2 aromatic heterocycles. The molecule has 2 N–H and O–H groups in total. The van der Waals surface area contributed by atoms with Crippen LogP contribution in [0.5, 0.6) is 0 Å². The van der Waals surface area contributed by atoms with Crippen LogP contribution < -0.4 is 10.6 Å². The van der Waals surface area contributed by atoms with Crippen LogP contribution in [-0.4, -0.2) is 36.3 Å². The molecule has 0 saturated heterocycles. The lowest BCUT2D eigenvalue weighted by atomic mass is 10.2. The largest absolute Gasteiger partial charge is 0.383 e. The Bertz CT molecular complexity index is 578. The van der Waals surface area contributed by atoms with Gasteiger partial charge in [-0.05, 0) is 26.3 Å². The van der Waals surface area contributed by atoms with Gasteiger partial charge in [-0.1, -0.05) is 13.3 Å². The van der Waals surface area contributed by atoms with E-state index in [1.165, 1.54) is 4.88 Å². The third-order valence-electron chi connectivity index (χ3n) is 3.20. The lowest BCUT2D eigenvalue weighted by Crippen LogP contribution is -2.25. The van der Waals surface area contributed by atoms with Crippen molar-refractivity contribution in [2.24, 2.45) is 0 Å². The van der Waals surface area contributed by atoms with E-state index in [9.17, 15) is 0 Å². The summed E-state index contributed by atoms with van der Waals surface area (Å²) in [5.74, 6) is 1.58. The minimum atomic E-state index is 0.271. The Labute approximate surface area is 130 Å². The zero-order valence-corrected chi connectivity index (χ0v) is 14.0. The van der Waals surface area contributed by atoms with Crippen LogP contribution in [0, 0.1) is 6.92 Å². The van der Waals surface area contributed by atoms with Crippen LogP contribution in [0.4, 0.5) is 11.8 Å². The molecular weight excluding hydrogens is 284 g/mol. The van der Waals surface area contributed by atoms with Gasteiger partial charge < -0.3 is 15.4 Å². The molecule has 0 radical (unpaired) electrons. The number of aryl methyl sites for hydroxylation is 1. The molecule has 0 aliphatic carbocycles. The highest BCUT2D eigenvalue weighted by atomic mass is 32.1. The normalized spacial score (nSPS) is 12.6. The molecule has 0 aliphatic heterocycles. The second kappa shape index (κ2) is 7.56. The van der Waals surface area contributed by atoms with Gasteiger partial charge in [-0.2, -0.15) is 4.98 Å². The van der Waals surface area contributed by atoms with Gasteiger partial charge in [0, 0.05) is 18.5 Å². The Morgan fingerprint density at radius 2 is 2.14 bits per heavy atom. The van der Waals surface area contributed by atoms with Gasteiger partial charge in [-0.15, -0.1) is 11.3 Å². The third-order valence-corrected chi connectivity index (χ3v) is 4.14. The van der Waals surface area contributed by atoms with E-state index >= 15 is 0 Å². The number of methoxy groups -OCH3 is 1. The predicted octanol–water partition coefficient (Wildman–Crippen LogP) is 3.66. The highest BCUT2D eigenvalue weighted by Crippen LogP contribution is 2.30. The maximum absolute atomic E-state index is 5.30. The molecule has 6 heteroatoms. The molecule has 0 bridgehead atoms. The second-order valence-electron chi connectivity index (χ2n) is 5.09. The van der Waals surface area contributed by atoms with Gasteiger partial charge in [0.1, 0.15) is 10.6 Å². The molecule has 0 saturated carbocycles. The van der Waals surface area contributed by atoms with Crippen molar-refractivity contribution in [1.29, 1.82) is 0 Å². The first-order valence-electron chi connectivity index (χ1n) is 7.45. The van der Waals surface area contributed by atoms with Crippen LogP contribution in [0.25, 0.3) is 10.2 Å². The number of rotatable bonds is 8. The summed E-state index contributed by atoms with van der Waals surface area (Å²) in [7, 11) is 1.73. The molecular formula is C15H24N4OS. The molecule has 0 spiro atoms. The smallest absolute Gasteiger partial charge is 0.226 e. The fraction of sp³-hybridized carbons (Fsp3) is 0.600. The summed E-state index contributed by atoms with van der Waals surface area (Å²) in [6.45, 7) is 7.82. The molecule has 21 heavy (non-hydrogen) atoms. The predicted molar refractivity (Wildman–Crippen MR) is 90.5 cm³/mol. The molecule has 0 fully saturated rings. The summed E-state index contributed by atoms with van der Waals surface area (Å²) < 4.78 is 5.30. The summed E-state index contributed by atoms with van der Waals surface area (Å²) in [4.78, 5) is 11.5. The highest BCUT2D eigenvalue weighted by Gasteiger charge is 2.14. The van der Waals surface area contributed by atoms with Crippen LogP contribution in [0.2, 0.25) is 0 Å². The van der Waals surface area contributed by atoms with Crippen LogP contribution in [-0.2, 0) is 4.74 Å². The van der Waals surface area contributed by atoms with E-state index in [4.69, 9.17) is 4.74 Å². The number of fused-ring (bicyclic) bond motifs is 1. The number of ether oxygens (including phenoxy) is 1. The number of aromatic nitrogens is 2. The monoisotopic (exact) mass is 308 g/mol. The SMILES string of the molecule is CCCC(COC)Nc1nc(NCC)nc2sc(C)cc12. The van der Waals surface area contributed by atoms with E-state index in [-0.39, 0.29) is 6.04 Å². The van der Waals surface area contributed by atoms with Gasteiger partial charge in [-0.3, -0.25) is 0 Å². The Kier molecular flexibility index (Phi) is 5.76. The molecule has 1 unspecified atom stereocenters. The number of hydrogen-bond donors (Lipinski definition) is 2. The van der Waals surface area contributed by atoms with E-state index in [0.29, 0.717) is 12.6 Å². The van der Waals surface area contributed by atoms with Gasteiger partial charge in [0.05, 0.1) is 18.0 Å². The average molecular weight is 308 g/mol. The Hall–Kier alpha value is -1.40. The van der Waals surface area contributed by atoms with E-state index < -0.39 is 0 Å². The van der Waals surface area contributed by atoms with Crippen molar-refractivity contribution >= 4 is 33.3 Å². The van der Waals surface area contributed by atoms with E-state index in [1.807, 2.05) is 6.92 Å². The van der Waals surface area contributed by atoms with E-state index in [1.54, 1.807) is 18.4 Å². The summed E-state index contributed by atoms with van der Waals surface area (Å²) in [6.07, 6.45) is 2.16. The van der Waals surface area contributed by atoms with Crippen molar-refractivity contribution in [3.05, 3.63) is 10.9 Å². The van der Waals surface area contributed by atoms with E-state index in [0.717, 1.165) is 35.4 Å². The first-order chi connectivity index (χ1) is 10.2. The van der Waals surface area contributed by atoms with Crippen LogP contribution in [0.3, 0.4) is 0 Å². The third kappa shape index (κ3) is 4.04. The van der Waals surface area contributed by atoms with Crippen molar-refractivity contribution in [3.63, 3.8) is 0 Å². The fourth-order valence-corrected chi connectivity index (χ4v) is 3.21. The van der Waals surface area contributed by atoms with Gasteiger partial charge in [-0.25, -0.2) is 4.98 Å². The standard InChI is InChI=1S/C15H24N4OS/c1-5-7-11(9-20-4)17-13-12-8-10(3)21-14(12)19-15(18-13)16-6-2/h8,11H,5-7,9H2,1-4H3,(H2,16,17,18,19). The van der Waals surface area contributed by atoms with Crippen LogP contribution in [0.1, 0.15) is 31.6 Å². The van der Waals surface area contributed by atoms with Crippen LogP contribution >= 0.6 is 11.3 Å². The first-order valence-corrected chi connectivity index (χ1v) is 8.27. The van der Waals surface area contributed by atoms with Crippen molar-refractivity contribution in [1.82, 2.24) is 9.97 Å². The van der Waals surface area contributed by atoms with Crippen molar-refractivity contribution in [2.75, 3.05) is 30.9 Å². The zero-order valence-electron chi connectivity index (χ0n) is 13.2. The highest BCUT2D eigenvalue weighted by molar-refractivity contribution is 7.18. The van der Waals surface area contributed by atoms with Gasteiger partial charge in [0.2, 0.25) is 5.95 Å². The van der Waals surface area contributed by atoms with E-state index in [2.05, 4.69) is 40.5 Å². The molecule has 2 rings (SSSR count). The molecule has 0 amide bonds. The topological polar surface area (TPSA) is 59.1 Å². The van der Waals surface area contributed by atoms with Gasteiger partial charge in [0.15, 0.2) is 0 Å². The minimum absolute atomic E-state index is 0.271. The quantitative estimate of drug-likeness (QED) is 0.779. The first kappa shape index (κ1) is 16.0. The fourth-order valence-electron chi connectivity index (χ4n) is 2.33. The second-order valence-corrected chi connectivity index (χ2v) is 6.32. The molecule has 0 aliphatic rings. The molecule has 5 nitrogen and oxygen atoms in total.